The highest BCUT2D eigenvalue weighted by Gasteiger charge is 2.58. The van der Waals surface area contributed by atoms with Gasteiger partial charge in [0.25, 0.3) is 0 Å². The number of ketones is 2. The largest absolute Gasteiger partial charge is 0.507 e. The molecule has 1 heterocycles. The molecule has 2 N–H and O–H groups in total. The monoisotopic (exact) mass is 535 g/mol. The van der Waals surface area contributed by atoms with Gasteiger partial charge in [0.05, 0.1) is 32.3 Å². The molecule has 0 aromatic heterocycles. The zero-order valence-corrected chi connectivity index (χ0v) is 22.2. The molecule has 0 saturated carbocycles. The van der Waals surface area contributed by atoms with Crippen LogP contribution in [0, 0.1) is 0 Å². The Kier molecular flexibility index (Phi) is 7.40. The Balaban J connectivity index is 1.75. The predicted octanol–water partition coefficient (Wildman–Crippen LogP) is 5.77. The van der Waals surface area contributed by atoms with Crippen molar-refractivity contribution in [1.82, 2.24) is 0 Å². The lowest BCUT2D eigenvalue weighted by molar-refractivity contribution is -0.130. The topological polar surface area (TPSA) is 96.3 Å². The molecule has 5 rings (SSSR count). The maximum atomic E-state index is 14.3. The molecule has 1 aliphatic heterocycles. The summed E-state index contributed by atoms with van der Waals surface area (Å²) in [6.07, 6.45) is -0.528. The van der Waals surface area contributed by atoms with Crippen molar-refractivity contribution in [3.05, 3.63) is 131 Å². The zero-order chi connectivity index (χ0) is 28.3. The smallest absolute Gasteiger partial charge is 0.217 e. The van der Waals surface area contributed by atoms with Crippen LogP contribution in [-0.4, -0.2) is 41.7 Å². The van der Waals surface area contributed by atoms with Crippen molar-refractivity contribution < 1.29 is 29.3 Å². The van der Waals surface area contributed by atoms with E-state index in [-0.39, 0.29) is 11.3 Å². The Hall–Kier alpha value is -4.88. The summed E-state index contributed by atoms with van der Waals surface area (Å²) < 4.78 is 10.6. The molecule has 4 aromatic rings. The highest BCUT2D eigenvalue weighted by molar-refractivity contribution is 6.15. The van der Waals surface area contributed by atoms with Crippen LogP contribution in [0.2, 0.25) is 0 Å². The summed E-state index contributed by atoms with van der Waals surface area (Å²) in [5.41, 5.74) is -0.457. The van der Waals surface area contributed by atoms with Crippen LogP contribution in [0.1, 0.15) is 33.9 Å². The summed E-state index contributed by atoms with van der Waals surface area (Å²) in [6, 6.07) is 30.1. The molecular weight excluding hydrogens is 506 g/mol. The second kappa shape index (κ2) is 11.1. The molecule has 1 fully saturated rings. The summed E-state index contributed by atoms with van der Waals surface area (Å²) >= 11 is 0. The van der Waals surface area contributed by atoms with Crippen LogP contribution in [0.5, 0.6) is 11.5 Å². The summed E-state index contributed by atoms with van der Waals surface area (Å²) in [5, 5.41) is 23.8. The van der Waals surface area contributed by atoms with Crippen molar-refractivity contribution in [3.63, 3.8) is 0 Å². The van der Waals surface area contributed by atoms with E-state index in [2.05, 4.69) is 0 Å². The minimum atomic E-state index is -2.30. The van der Waals surface area contributed by atoms with Crippen LogP contribution < -0.4 is 14.4 Å². The number of hydrogen-bond acceptors (Lipinski definition) is 7. The molecule has 1 saturated heterocycles. The van der Waals surface area contributed by atoms with E-state index >= 15 is 0 Å². The van der Waals surface area contributed by atoms with Crippen LogP contribution >= 0.6 is 0 Å². The first-order valence-electron chi connectivity index (χ1n) is 12.8. The second-order valence-corrected chi connectivity index (χ2v) is 9.48. The van der Waals surface area contributed by atoms with Gasteiger partial charge in [-0.15, -0.1) is 0 Å². The molecule has 0 spiro atoms. The predicted molar refractivity (Wildman–Crippen MR) is 153 cm³/mol. The Morgan fingerprint density at radius 2 is 1.27 bits per heavy atom. The molecule has 40 heavy (non-hydrogen) atoms. The minimum absolute atomic E-state index is 0.0180. The Morgan fingerprint density at radius 3 is 1.80 bits per heavy atom. The van der Waals surface area contributed by atoms with E-state index in [1.165, 1.54) is 4.90 Å². The zero-order valence-electron chi connectivity index (χ0n) is 22.2. The summed E-state index contributed by atoms with van der Waals surface area (Å²) in [7, 11) is 3.10. The van der Waals surface area contributed by atoms with Crippen molar-refractivity contribution in [2.75, 3.05) is 19.1 Å². The van der Waals surface area contributed by atoms with Crippen molar-refractivity contribution in [2.45, 2.75) is 18.2 Å². The first-order valence-corrected chi connectivity index (χ1v) is 12.8. The van der Waals surface area contributed by atoms with E-state index in [1.54, 1.807) is 123 Å². The first kappa shape index (κ1) is 26.7. The van der Waals surface area contributed by atoms with Crippen LogP contribution in [0.25, 0.3) is 5.76 Å². The van der Waals surface area contributed by atoms with E-state index in [1.807, 2.05) is 0 Å². The van der Waals surface area contributed by atoms with Crippen LogP contribution in [0.3, 0.4) is 0 Å². The quantitative estimate of drug-likeness (QED) is 0.168. The Morgan fingerprint density at radius 1 is 0.775 bits per heavy atom. The summed E-state index contributed by atoms with van der Waals surface area (Å²) in [5.74, 6) is -0.245. The molecule has 0 amide bonds. The maximum absolute atomic E-state index is 14.3. The summed E-state index contributed by atoms with van der Waals surface area (Å²) in [4.78, 5) is 29.3. The normalized spacial score (nSPS) is 19.8. The number of rotatable bonds is 8. The number of carbonyl (C=O) groups is 2. The molecule has 2 atom stereocenters. The molecule has 7 heteroatoms. The number of hydrogen-bond donors (Lipinski definition) is 2. The number of carbonyl (C=O) groups excluding carboxylic acids is 2. The molecule has 0 aliphatic carbocycles. The van der Waals surface area contributed by atoms with Gasteiger partial charge < -0.3 is 24.6 Å². The number of anilines is 1. The summed E-state index contributed by atoms with van der Waals surface area (Å²) in [6.45, 7) is 0. The van der Waals surface area contributed by atoms with E-state index in [0.717, 1.165) is 0 Å². The SMILES string of the molecule is COc1ccc([C@H]2C(=C(O)c3ccccc3)C(=O)[C@](O)(CC(=O)c3ccccc3)N2c2ccc(OC)cc2)cc1. The molecule has 0 unspecified atom stereocenters. The number of Topliss-reactive ketones (excluding diaryl/α,β-unsaturated/α-hetero) is 2. The lowest BCUT2D eigenvalue weighted by Crippen LogP contribution is -2.51. The van der Waals surface area contributed by atoms with Crippen LogP contribution in [0.15, 0.2) is 115 Å². The molecular formula is C33H29NO6. The first-order chi connectivity index (χ1) is 19.4. The van der Waals surface area contributed by atoms with Crippen molar-refractivity contribution in [3.8, 4) is 11.5 Å². The van der Waals surface area contributed by atoms with Crippen LogP contribution in [0.4, 0.5) is 5.69 Å². The van der Waals surface area contributed by atoms with Crippen molar-refractivity contribution in [1.29, 1.82) is 0 Å². The number of aliphatic hydroxyl groups excluding tert-OH is 1. The fourth-order valence-electron chi connectivity index (χ4n) is 5.10. The van der Waals surface area contributed by atoms with Gasteiger partial charge in [0.15, 0.2) is 5.78 Å². The lowest BCUT2D eigenvalue weighted by atomic mass is 9.92. The van der Waals surface area contributed by atoms with Crippen molar-refractivity contribution in [2.24, 2.45) is 0 Å². The molecule has 0 radical (unpaired) electrons. The third-order valence-corrected chi connectivity index (χ3v) is 7.13. The molecule has 7 nitrogen and oxygen atoms in total. The highest BCUT2D eigenvalue weighted by Crippen LogP contribution is 2.50. The minimum Gasteiger partial charge on any atom is -0.507 e. The van der Waals surface area contributed by atoms with E-state index in [9.17, 15) is 19.8 Å². The number of methoxy groups -OCH3 is 2. The molecule has 0 bridgehead atoms. The number of nitrogens with zero attached hydrogens (tertiary/aromatic N) is 1. The highest BCUT2D eigenvalue weighted by atomic mass is 16.5. The fraction of sp³-hybridized carbons (Fsp3) is 0.152. The average molecular weight is 536 g/mol. The third-order valence-electron chi connectivity index (χ3n) is 7.13. The van der Waals surface area contributed by atoms with Gasteiger partial charge in [0.1, 0.15) is 17.3 Å². The third kappa shape index (κ3) is 4.83. The van der Waals surface area contributed by atoms with Gasteiger partial charge >= 0.3 is 0 Å². The Labute approximate surface area is 232 Å². The standard InChI is InChI=1S/C33H29NO6/c1-39-26-17-13-23(14-18-26)30-29(31(36)24-11-7-4-8-12-24)32(37)33(38,21-28(35)22-9-5-3-6-10-22)34(30)25-15-19-27(40-2)20-16-25/h3-20,30,36,38H,21H2,1-2H3/t30-,33+/m0/s1. The van der Waals surface area contributed by atoms with Gasteiger partial charge in [0.2, 0.25) is 11.5 Å². The van der Waals surface area contributed by atoms with E-state index in [4.69, 9.17) is 9.47 Å². The molecule has 4 aromatic carbocycles. The molecule has 1 aliphatic rings. The van der Waals surface area contributed by atoms with E-state index in [0.29, 0.717) is 33.9 Å². The van der Waals surface area contributed by atoms with Crippen LogP contribution in [-0.2, 0) is 4.79 Å². The van der Waals surface area contributed by atoms with E-state index < -0.39 is 29.8 Å². The number of aliphatic hydroxyl groups is 2. The van der Waals surface area contributed by atoms with Crippen molar-refractivity contribution >= 4 is 23.0 Å². The fourth-order valence-corrected chi connectivity index (χ4v) is 5.10. The molecule has 202 valence electrons. The maximum Gasteiger partial charge on any atom is 0.217 e. The van der Waals surface area contributed by atoms with Gasteiger partial charge in [0, 0.05) is 16.8 Å². The van der Waals surface area contributed by atoms with Gasteiger partial charge in [-0.05, 0) is 42.0 Å². The number of ether oxygens (including phenoxy) is 2. The lowest BCUT2D eigenvalue weighted by Gasteiger charge is -2.37. The Bertz CT molecular complexity index is 1530. The van der Waals surface area contributed by atoms with Gasteiger partial charge in [-0.25, -0.2) is 0 Å². The average Bonchev–Trinajstić information content (AvgIpc) is 3.23. The second-order valence-electron chi connectivity index (χ2n) is 9.48. The van der Waals surface area contributed by atoms with Gasteiger partial charge in [-0.1, -0.05) is 72.8 Å². The number of benzene rings is 4. The van der Waals surface area contributed by atoms with Gasteiger partial charge in [-0.2, -0.15) is 0 Å². The van der Waals surface area contributed by atoms with Gasteiger partial charge in [-0.3, -0.25) is 9.59 Å².